The van der Waals surface area contributed by atoms with Crippen molar-refractivity contribution in [3.05, 3.63) is 24.3 Å². The van der Waals surface area contributed by atoms with Crippen LogP contribution in [-0.4, -0.2) is 39.1 Å². The van der Waals surface area contributed by atoms with E-state index in [4.69, 9.17) is 14.2 Å². The Labute approximate surface area is 143 Å². The van der Waals surface area contributed by atoms with Crippen LogP contribution in [0.15, 0.2) is 24.3 Å². The summed E-state index contributed by atoms with van der Waals surface area (Å²) in [5.74, 6) is 2.30. The van der Waals surface area contributed by atoms with Crippen molar-refractivity contribution in [2.45, 2.75) is 44.8 Å². The first-order valence-corrected chi connectivity index (χ1v) is 8.77. The number of ether oxygens (including phenoxy) is 3. The number of anilines is 1. The molecule has 0 aromatic heterocycles. The highest BCUT2D eigenvalue weighted by molar-refractivity contribution is 6.04. The fourth-order valence-electron chi connectivity index (χ4n) is 3.70. The van der Waals surface area contributed by atoms with Crippen LogP contribution >= 0.6 is 0 Å². The molecule has 1 saturated heterocycles. The number of methoxy groups -OCH3 is 2. The Morgan fingerprint density at radius 2 is 1.92 bits per heavy atom. The molecule has 1 aliphatic carbocycles. The van der Waals surface area contributed by atoms with E-state index in [1.54, 1.807) is 14.2 Å². The highest BCUT2D eigenvalue weighted by Gasteiger charge is 2.50. The van der Waals surface area contributed by atoms with Crippen molar-refractivity contribution in [2.24, 2.45) is 11.8 Å². The van der Waals surface area contributed by atoms with Crippen LogP contribution in [0.5, 0.6) is 5.75 Å². The average Bonchev–Trinajstić information content (AvgIpc) is 3.44. The monoisotopic (exact) mass is 333 g/mol. The van der Waals surface area contributed by atoms with E-state index in [0.717, 1.165) is 30.2 Å². The third-order valence-corrected chi connectivity index (χ3v) is 5.24. The van der Waals surface area contributed by atoms with Crippen molar-refractivity contribution in [2.75, 3.05) is 25.9 Å². The van der Waals surface area contributed by atoms with Crippen molar-refractivity contribution in [3.63, 3.8) is 0 Å². The van der Waals surface area contributed by atoms with Crippen LogP contribution < -0.4 is 9.64 Å². The first-order chi connectivity index (χ1) is 11.7. The summed E-state index contributed by atoms with van der Waals surface area (Å²) in [7, 11) is 3.22. The number of nitrogens with zero attached hydrogens (tertiary/aromatic N) is 1. The SMILES string of the molecule is CCC(CC1[C@@H](OCOC)C(=O)N1c1ccc(OC)cc1)C1CC1. The summed E-state index contributed by atoms with van der Waals surface area (Å²) in [5, 5.41) is 0. The zero-order chi connectivity index (χ0) is 17.1. The molecule has 0 N–H and O–H groups in total. The van der Waals surface area contributed by atoms with Gasteiger partial charge in [-0.05, 0) is 55.4 Å². The van der Waals surface area contributed by atoms with Crippen molar-refractivity contribution in [3.8, 4) is 5.75 Å². The number of β-lactam (4-membered cyclic amide) rings is 1. The van der Waals surface area contributed by atoms with E-state index in [0.29, 0.717) is 5.92 Å². The minimum atomic E-state index is -0.389. The fourth-order valence-corrected chi connectivity index (χ4v) is 3.70. The van der Waals surface area contributed by atoms with Gasteiger partial charge in [-0.15, -0.1) is 0 Å². The molecule has 5 nitrogen and oxygen atoms in total. The summed E-state index contributed by atoms with van der Waals surface area (Å²) >= 11 is 0. The first-order valence-electron chi connectivity index (χ1n) is 8.77. The molecule has 1 saturated carbocycles. The standard InChI is InChI=1S/C19H27NO4/c1-4-13(14-5-6-14)11-17-18(24-12-22-2)19(21)20(17)15-7-9-16(23-3)10-8-15/h7-10,13-14,17-18H,4-6,11-12H2,1-3H3/t13?,17?,18-/m1/s1. The van der Waals surface area contributed by atoms with Gasteiger partial charge < -0.3 is 19.1 Å². The van der Waals surface area contributed by atoms with Crippen LogP contribution in [0.2, 0.25) is 0 Å². The van der Waals surface area contributed by atoms with Gasteiger partial charge >= 0.3 is 0 Å². The Morgan fingerprint density at radius 1 is 1.21 bits per heavy atom. The molecule has 1 aliphatic heterocycles. The second-order valence-corrected chi connectivity index (χ2v) is 6.71. The van der Waals surface area contributed by atoms with Gasteiger partial charge in [0.05, 0.1) is 13.2 Å². The van der Waals surface area contributed by atoms with Gasteiger partial charge in [0, 0.05) is 12.8 Å². The third kappa shape index (κ3) is 3.42. The number of rotatable bonds is 9. The molecule has 2 fully saturated rings. The summed E-state index contributed by atoms with van der Waals surface area (Å²) in [6, 6.07) is 7.75. The Hall–Kier alpha value is -1.59. The molecule has 0 bridgehead atoms. The lowest BCUT2D eigenvalue weighted by Gasteiger charge is -2.47. The summed E-state index contributed by atoms with van der Waals surface area (Å²) in [4.78, 5) is 14.5. The molecule has 1 aromatic carbocycles. The molecule has 132 valence electrons. The summed E-state index contributed by atoms with van der Waals surface area (Å²) in [6.45, 7) is 2.40. The van der Waals surface area contributed by atoms with Crippen molar-refractivity contribution in [1.82, 2.24) is 0 Å². The number of carbonyl (C=O) groups excluding carboxylic acids is 1. The van der Waals surface area contributed by atoms with Gasteiger partial charge in [-0.2, -0.15) is 0 Å². The normalized spacial score (nSPS) is 24.6. The molecule has 2 aliphatic rings. The smallest absolute Gasteiger partial charge is 0.258 e. The third-order valence-electron chi connectivity index (χ3n) is 5.24. The Balaban J connectivity index is 1.75. The summed E-state index contributed by atoms with van der Waals surface area (Å²) < 4.78 is 15.9. The second-order valence-electron chi connectivity index (χ2n) is 6.71. The lowest BCUT2D eigenvalue weighted by molar-refractivity contribution is -0.155. The number of amides is 1. The molecule has 3 atom stereocenters. The molecule has 0 radical (unpaired) electrons. The number of carbonyl (C=O) groups is 1. The maximum atomic E-state index is 12.6. The Kier molecular flexibility index (Phi) is 5.41. The van der Waals surface area contributed by atoms with Gasteiger partial charge in [0.15, 0.2) is 6.10 Å². The van der Waals surface area contributed by atoms with Gasteiger partial charge in [-0.3, -0.25) is 4.79 Å². The highest BCUT2D eigenvalue weighted by Crippen LogP contribution is 2.44. The van der Waals surface area contributed by atoms with Gasteiger partial charge in [0.2, 0.25) is 0 Å². The molecule has 1 amide bonds. The van der Waals surface area contributed by atoms with Crippen LogP contribution in [0.4, 0.5) is 5.69 Å². The quantitative estimate of drug-likeness (QED) is 0.514. The molecule has 1 heterocycles. The summed E-state index contributed by atoms with van der Waals surface area (Å²) in [5.41, 5.74) is 0.911. The van der Waals surface area contributed by atoms with Crippen molar-refractivity contribution in [1.29, 1.82) is 0 Å². The van der Waals surface area contributed by atoms with E-state index in [2.05, 4.69) is 6.92 Å². The van der Waals surface area contributed by atoms with Crippen LogP contribution in [0.3, 0.4) is 0 Å². The molecule has 2 unspecified atom stereocenters. The summed E-state index contributed by atoms with van der Waals surface area (Å²) in [6.07, 6.45) is 4.41. The van der Waals surface area contributed by atoms with Crippen LogP contribution in [0.1, 0.15) is 32.6 Å². The van der Waals surface area contributed by atoms with E-state index in [9.17, 15) is 4.79 Å². The lowest BCUT2D eigenvalue weighted by Crippen LogP contribution is -2.66. The van der Waals surface area contributed by atoms with E-state index in [1.165, 1.54) is 12.8 Å². The molecular weight excluding hydrogens is 306 g/mol. The van der Waals surface area contributed by atoms with E-state index in [1.807, 2.05) is 29.2 Å². The van der Waals surface area contributed by atoms with Crippen molar-refractivity contribution >= 4 is 11.6 Å². The lowest BCUT2D eigenvalue weighted by atomic mass is 9.84. The van der Waals surface area contributed by atoms with Gasteiger partial charge in [-0.1, -0.05) is 13.3 Å². The van der Waals surface area contributed by atoms with E-state index >= 15 is 0 Å². The predicted molar refractivity (Wildman–Crippen MR) is 92.1 cm³/mol. The molecule has 24 heavy (non-hydrogen) atoms. The number of hydrogen-bond acceptors (Lipinski definition) is 4. The maximum absolute atomic E-state index is 12.6. The zero-order valence-electron chi connectivity index (χ0n) is 14.7. The minimum Gasteiger partial charge on any atom is -0.497 e. The van der Waals surface area contributed by atoms with Gasteiger partial charge in [0.1, 0.15) is 12.5 Å². The van der Waals surface area contributed by atoms with E-state index < -0.39 is 0 Å². The Bertz CT molecular complexity index is 555. The largest absolute Gasteiger partial charge is 0.497 e. The predicted octanol–water partition coefficient (Wildman–Crippen LogP) is 3.23. The fraction of sp³-hybridized carbons (Fsp3) is 0.632. The highest BCUT2D eigenvalue weighted by atomic mass is 16.7. The molecule has 0 spiro atoms. The van der Waals surface area contributed by atoms with E-state index in [-0.39, 0.29) is 24.8 Å². The zero-order valence-corrected chi connectivity index (χ0v) is 14.7. The topological polar surface area (TPSA) is 48.0 Å². The van der Waals surface area contributed by atoms with Crippen molar-refractivity contribution < 1.29 is 19.0 Å². The van der Waals surface area contributed by atoms with Crippen LogP contribution in [0, 0.1) is 11.8 Å². The molecular formula is C19H27NO4. The van der Waals surface area contributed by atoms with Gasteiger partial charge in [-0.25, -0.2) is 0 Å². The van der Waals surface area contributed by atoms with Crippen LogP contribution in [0.25, 0.3) is 0 Å². The van der Waals surface area contributed by atoms with Crippen LogP contribution in [-0.2, 0) is 14.3 Å². The molecule has 3 rings (SSSR count). The maximum Gasteiger partial charge on any atom is 0.258 e. The molecule has 1 aromatic rings. The second kappa shape index (κ2) is 7.53. The minimum absolute atomic E-state index is 0.0212. The Morgan fingerprint density at radius 3 is 2.46 bits per heavy atom. The molecule has 5 heteroatoms. The number of benzene rings is 1. The number of hydrogen-bond donors (Lipinski definition) is 0. The first kappa shape index (κ1) is 17.2. The van der Waals surface area contributed by atoms with Gasteiger partial charge in [0.25, 0.3) is 5.91 Å². The average molecular weight is 333 g/mol.